The molecule has 0 saturated heterocycles. The first kappa shape index (κ1) is 15.8. The lowest BCUT2D eigenvalue weighted by atomic mass is 10.3. The molecule has 1 aromatic carbocycles. The molecule has 0 radical (unpaired) electrons. The molecular formula is C17H26BrNSi. The van der Waals surface area contributed by atoms with Gasteiger partial charge in [0.25, 0.3) is 0 Å². The number of halogens is 1. The van der Waals surface area contributed by atoms with Crippen LogP contribution in [0.4, 0.5) is 0 Å². The average molecular weight is 352 g/mol. The van der Waals surface area contributed by atoms with Crippen molar-refractivity contribution >= 4 is 35.1 Å². The van der Waals surface area contributed by atoms with Crippen LogP contribution in [0.2, 0.25) is 16.6 Å². The lowest BCUT2D eigenvalue weighted by Crippen LogP contribution is -2.51. The maximum absolute atomic E-state index is 3.58. The Morgan fingerprint density at radius 2 is 1.45 bits per heavy atom. The predicted molar refractivity (Wildman–Crippen MR) is 96.1 cm³/mol. The Balaban J connectivity index is 2.75. The van der Waals surface area contributed by atoms with Crippen molar-refractivity contribution in [2.24, 2.45) is 0 Å². The van der Waals surface area contributed by atoms with Gasteiger partial charge in [-0.1, -0.05) is 57.5 Å². The van der Waals surface area contributed by atoms with E-state index in [0.29, 0.717) is 0 Å². The summed E-state index contributed by atoms with van der Waals surface area (Å²) in [7, 11) is -1.63. The number of aromatic nitrogens is 1. The SMILES string of the molecule is CC(C)[Si](C(C)C)(C(C)C)n1ccc2cc(Br)ccc21. The van der Waals surface area contributed by atoms with Crippen LogP contribution in [0.3, 0.4) is 0 Å². The second-order valence-electron chi connectivity index (χ2n) is 6.74. The van der Waals surface area contributed by atoms with Gasteiger partial charge in [0.2, 0.25) is 0 Å². The summed E-state index contributed by atoms with van der Waals surface area (Å²) in [6.07, 6.45) is 2.34. The van der Waals surface area contributed by atoms with E-state index < -0.39 is 8.24 Å². The molecular weight excluding hydrogens is 326 g/mol. The van der Waals surface area contributed by atoms with E-state index in [1.807, 2.05) is 0 Å². The zero-order valence-corrected chi connectivity index (χ0v) is 16.0. The smallest absolute Gasteiger partial charge is 0.169 e. The second kappa shape index (κ2) is 5.68. The normalized spacial score (nSPS) is 13.1. The molecule has 1 heterocycles. The summed E-state index contributed by atoms with van der Waals surface area (Å²) >= 11 is 3.58. The molecule has 2 rings (SSSR count). The molecule has 0 bridgehead atoms. The summed E-state index contributed by atoms with van der Waals surface area (Å²) in [4.78, 5) is 0. The van der Waals surface area contributed by atoms with Gasteiger partial charge in [0.15, 0.2) is 8.24 Å². The molecule has 0 unspecified atom stereocenters. The largest absolute Gasteiger partial charge is 0.373 e. The summed E-state index contributed by atoms with van der Waals surface area (Å²) in [6, 6.07) is 8.94. The van der Waals surface area contributed by atoms with E-state index in [9.17, 15) is 0 Å². The first-order chi connectivity index (χ1) is 9.31. The molecule has 0 aliphatic carbocycles. The zero-order chi connectivity index (χ0) is 15.1. The summed E-state index contributed by atoms with van der Waals surface area (Å²) in [5.74, 6) is 0. The first-order valence-electron chi connectivity index (χ1n) is 7.58. The van der Waals surface area contributed by atoms with Gasteiger partial charge < -0.3 is 4.23 Å². The highest BCUT2D eigenvalue weighted by Crippen LogP contribution is 2.44. The van der Waals surface area contributed by atoms with Crippen LogP contribution < -0.4 is 0 Å². The second-order valence-corrected chi connectivity index (χ2v) is 13.4. The fourth-order valence-electron chi connectivity index (χ4n) is 4.29. The molecule has 1 nitrogen and oxygen atoms in total. The summed E-state index contributed by atoms with van der Waals surface area (Å²) in [5.41, 5.74) is 3.57. The Kier molecular flexibility index (Phi) is 4.50. The van der Waals surface area contributed by atoms with E-state index in [1.165, 1.54) is 10.9 Å². The Morgan fingerprint density at radius 1 is 0.900 bits per heavy atom. The minimum Gasteiger partial charge on any atom is -0.373 e. The van der Waals surface area contributed by atoms with Crippen molar-refractivity contribution < 1.29 is 0 Å². The lowest BCUT2D eigenvalue weighted by molar-refractivity contribution is 0.773. The van der Waals surface area contributed by atoms with Crippen LogP contribution in [-0.4, -0.2) is 12.5 Å². The molecule has 2 aromatic rings. The van der Waals surface area contributed by atoms with Crippen molar-refractivity contribution in [2.75, 3.05) is 0 Å². The highest BCUT2D eigenvalue weighted by molar-refractivity contribution is 9.10. The molecule has 0 N–H and O–H groups in total. The third-order valence-corrected chi connectivity index (χ3v) is 12.1. The van der Waals surface area contributed by atoms with Crippen molar-refractivity contribution in [3.05, 3.63) is 34.9 Å². The van der Waals surface area contributed by atoms with Crippen LogP contribution in [0.25, 0.3) is 10.9 Å². The van der Waals surface area contributed by atoms with E-state index in [1.54, 1.807) is 0 Å². The van der Waals surface area contributed by atoms with E-state index in [2.05, 4.69) is 92.2 Å². The topological polar surface area (TPSA) is 4.93 Å². The van der Waals surface area contributed by atoms with Gasteiger partial charge in [0, 0.05) is 9.99 Å². The molecule has 20 heavy (non-hydrogen) atoms. The summed E-state index contributed by atoms with van der Waals surface area (Å²) in [5, 5.41) is 1.35. The van der Waals surface area contributed by atoms with Gasteiger partial charge in [0.1, 0.15) is 0 Å². The summed E-state index contributed by atoms with van der Waals surface area (Å²) < 4.78 is 3.82. The van der Waals surface area contributed by atoms with E-state index in [0.717, 1.165) is 21.1 Å². The third kappa shape index (κ3) is 2.29. The van der Waals surface area contributed by atoms with Gasteiger partial charge in [-0.25, -0.2) is 0 Å². The molecule has 0 fully saturated rings. The van der Waals surface area contributed by atoms with Gasteiger partial charge in [-0.15, -0.1) is 0 Å². The number of benzene rings is 1. The van der Waals surface area contributed by atoms with Gasteiger partial charge in [-0.2, -0.15) is 0 Å². The lowest BCUT2D eigenvalue weighted by Gasteiger charge is -2.44. The van der Waals surface area contributed by atoms with Crippen LogP contribution >= 0.6 is 15.9 Å². The average Bonchev–Trinajstić information content (AvgIpc) is 2.72. The Bertz CT molecular complexity index is 576. The highest BCUT2D eigenvalue weighted by atomic mass is 79.9. The molecule has 0 aliphatic heterocycles. The van der Waals surface area contributed by atoms with Gasteiger partial charge in [-0.3, -0.25) is 0 Å². The standard InChI is InChI=1S/C17H26BrNSi/c1-12(2)20(13(3)4,14(5)6)19-10-9-15-11-16(18)7-8-17(15)19/h7-14H,1-6H3. The van der Waals surface area contributed by atoms with Crippen molar-refractivity contribution in [3.8, 4) is 0 Å². The van der Waals surface area contributed by atoms with Gasteiger partial charge >= 0.3 is 0 Å². The van der Waals surface area contributed by atoms with Crippen LogP contribution in [0.15, 0.2) is 34.9 Å². The Morgan fingerprint density at radius 3 is 1.95 bits per heavy atom. The number of hydrogen-bond donors (Lipinski definition) is 0. The van der Waals surface area contributed by atoms with Crippen LogP contribution in [0.1, 0.15) is 41.5 Å². The fraction of sp³-hybridized carbons (Fsp3) is 0.529. The van der Waals surface area contributed by atoms with E-state index in [4.69, 9.17) is 0 Å². The fourth-order valence-corrected chi connectivity index (χ4v) is 11.3. The van der Waals surface area contributed by atoms with Crippen LogP contribution in [0, 0.1) is 0 Å². The minimum atomic E-state index is -1.63. The molecule has 0 spiro atoms. The molecule has 1 aromatic heterocycles. The van der Waals surface area contributed by atoms with Crippen molar-refractivity contribution in [1.29, 1.82) is 0 Å². The molecule has 0 amide bonds. The first-order valence-corrected chi connectivity index (χ1v) is 10.6. The van der Waals surface area contributed by atoms with E-state index >= 15 is 0 Å². The molecule has 110 valence electrons. The quantitative estimate of drug-likeness (QED) is 0.559. The highest BCUT2D eigenvalue weighted by Gasteiger charge is 2.45. The number of nitrogens with zero attached hydrogens (tertiary/aromatic N) is 1. The van der Waals surface area contributed by atoms with Crippen molar-refractivity contribution in [1.82, 2.24) is 4.23 Å². The van der Waals surface area contributed by atoms with Gasteiger partial charge in [0.05, 0.1) is 0 Å². The van der Waals surface area contributed by atoms with Crippen molar-refractivity contribution in [3.63, 3.8) is 0 Å². The number of hydrogen-bond acceptors (Lipinski definition) is 0. The third-order valence-electron chi connectivity index (χ3n) is 4.84. The minimum absolute atomic E-state index is 0.724. The Hall–Kier alpha value is -0.543. The number of rotatable bonds is 4. The maximum Gasteiger partial charge on any atom is 0.169 e. The predicted octanol–water partition coefficient (Wildman–Crippen LogP) is 6.43. The zero-order valence-electron chi connectivity index (χ0n) is 13.4. The number of fused-ring (bicyclic) bond motifs is 1. The monoisotopic (exact) mass is 351 g/mol. The maximum atomic E-state index is 3.58. The molecule has 0 atom stereocenters. The van der Waals surface area contributed by atoms with Crippen LogP contribution in [0.5, 0.6) is 0 Å². The molecule has 0 aliphatic rings. The van der Waals surface area contributed by atoms with Crippen molar-refractivity contribution in [2.45, 2.75) is 58.2 Å². The summed E-state index contributed by atoms with van der Waals surface area (Å²) in [6.45, 7) is 14.5. The van der Waals surface area contributed by atoms with Gasteiger partial charge in [-0.05, 0) is 52.5 Å². The molecule has 3 heteroatoms. The van der Waals surface area contributed by atoms with E-state index in [-0.39, 0.29) is 0 Å². The Labute approximate surface area is 132 Å². The van der Waals surface area contributed by atoms with Crippen LogP contribution in [-0.2, 0) is 0 Å². The molecule has 0 saturated carbocycles.